The average molecular weight is 284 g/mol. The van der Waals surface area contributed by atoms with E-state index in [-0.39, 0.29) is 98.3 Å². The molecular formula is CH22Cl3CoN6. The van der Waals surface area contributed by atoms with Crippen molar-refractivity contribution >= 4 is 0 Å². The Morgan fingerprint density at radius 2 is 0.364 bits per heavy atom. The minimum absolute atomic E-state index is 0. The molecule has 10 heteroatoms. The summed E-state index contributed by atoms with van der Waals surface area (Å²) in [5.41, 5.74) is 0. The Morgan fingerprint density at radius 1 is 0.364 bits per heavy atom. The molecule has 0 fully saturated rings. The molecule has 0 bridgehead atoms. The van der Waals surface area contributed by atoms with Gasteiger partial charge in [0, 0.05) is 0 Å². The van der Waals surface area contributed by atoms with Crippen LogP contribution in [-0.2, 0) is 16.8 Å². The molecule has 0 aromatic carbocycles. The van der Waals surface area contributed by atoms with Crippen LogP contribution < -0.4 is 74.1 Å². The molecule has 0 heterocycles. The Hall–Kier alpha value is 1.14. The van der Waals surface area contributed by atoms with Crippen molar-refractivity contribution in [3.05, 3.63) is 0 Å². The minimum atomic E-state index is 0. The third kappa shape index (κ3) is 720. The quantitative estimate of drug-likeness (QED) is 0.254. The molecule has 0 saturated carbocycles. The Labute approximate surface area is 98.3 Å². The minimum Gasteiger partial charge on any atom is -1.00 e. The molecule has 11 heavy (non-hydrogen) atoms. The molecule has 0 aliphatic carbocycles. The number of rotatable bonds is 0. The Bertz CT molecular complexity index is 17.8. The van der Waals surface area contributed by atoms with E-state index in [1.54, 1.807) is 0 Å². The molecule has 0 saturated heterocycles. The van der Waals surface area contributed by atoms with Crippen molar-refractivity contribution in [3.8, 4) is 0 Å². The maximum atomic E-state index is 0. The Balaban J connectivity index is 0. The molecule has 6 nitrogen and oxygen atoms in total. The van der Waals surface area contributed by atoms with Crippen LogP contribution >= 0.6 is 0 Å². The van der Waals surface area contributed by atoms with E-state index in [0.717, 1.165) is 0 Å². The van der Waals surface area contributed by atoms with E-state index >= 15 is 0 Å². The van der Waals surface area contributed by atoms with E-state index < -0.39 is 0 Å². The summed E-state index contributed by atoms with van der Waals surface area (Å²) in [5, 5.41) is 0. The fourth-order valence-corrected chi connectivity index (χ4v) is 0. The largest absolute Gasteiger partial charge is 3.00 e. The van der Waals surface area contributed by atoms with Crippen LogP contribution in [0.3, 0.4) is 0 Å². The van der Waals surface area contributed by atoms with Crippen molar-refractivity contribution in [3.63, 3.8) is 0 Å². The summed E-state index contributed by atoms with van der Waals surface area (Å²) in [4.78, 5) is 0. The van der Waals surface area contributed by atoms with Crippen molar-refractivity contribution in [2.75, 3.05) is 0 Å². The van der Waals surface area contributed by atoms with Gasteiger partial charge in [-0.05, 0) is 0 Å². The molecule has 0 aliphatic heterocycles. The molecule has 0 aromatic heterocycles. The van der Waals surface area contributed by atoms with Crippen molar-refractivity contribution in [2.45, 2.75) is 7.43 Å². The first-order valence-corrected chi connectivity index (χ1v) is 0. The van der Waals surface area contributed by atoms with E-state index in [2.05, 4.69) is 0 Å². The third-order valence-electron chi connectivity index (χ3n) is 0. The van der Waals surface area contributed by atoms with Gasteiger partial charge in [-0.2, -0.15) is 0 Å². The summed E-state index contributed by atoms with van der Waals surface area (Å²) in [7, 11) is 0. The van der Waals surface area contributed by atoms with Gasteiger partial charge < -0.3 is 74.1 Å². The predicted octanol–water partition coefficient (Wildman–Crippen LogP) is -7.38. The van der Waals surface area contributed by atoms with Crippen LogP contribution in [0, 0.1) is 0 Å². The van der Waals surface area contributed by atoms with Gasteiger partial charge in [-0.25, -0.2) is 0 Å². The molecule has 0 aliphatic rings. The summed E-state index contributed by atoms with van der Waals surface area (Å²) in [6.07, 6.45) is 0. The van der Waals surface area contributed by atoms with Gasteiger partial charge in [-0.1, -0.05) is 7.43 Å². The van der Waals surface area contributed by atoms with Gasteiger partial charge in [0.15, 0.2) is 0 Å². The fraction of sp³-hybridized carbons (Fsp3) is 1.00. The first kappa shape index (κ1) is 1170. The second-order valence-corrected chi connectivity index (χ2v) is 0. The number of hydrogen-bond acceptors (Lipinski definition) is 6. The normalized spacial score (nSPS) is 0. The smallest absolute Gasteiger partial charge is 1.00 e. The van der Waals surface area contributed by atoms with Crippen LogP contribution in [0.25, 0.3) is 0 Å². The maximum absolute atomic E-state index is 0. The van der Waals surface area contributed by atoms with Crippen molar-refractivity contribution < 1.29 is 54.0 Å². The van der Waals surface area contributed by atoms with Crippen LogP contribution in [0.1, 0.15) is 7.43 Å². The molecule has 0 radical (unpaired) electrons. The van der Waals surface area contributed by atoms with E-state index in [9.17, 15) is 0 Å². The zero-order valence-electron chi connectivity index (χ0n) is 5.71. The summed E-state index contributed by atoms with van der Waals surface area (Å²) in [5.74, 6) is 0. The van der Waals surface area contributed by atoms with E-state index in [1.807, 2.05) is 0 Å². The molecule has 86 valence electrons. The van der Waals surface area contributed by atoms with Gasteiger partial charge >= 0.3 is 16.8 Å². The molecule has 0 amide bonds. The first-order chi connectivity index (χ1) is 0. The van der Waals surface area contributed by atoms with Crippen LogP contribution in [0.4, 0.5) is 0 Å². The van der Waals surface area contributed by atoms with Crippen molar-refractivity contribution in [2.24, 2.45) is 0 Å². The van der Waals surface area contributed by atoms with Gasteiger partial charge in [-0.15, -0.1) is 0 Å². The van der Waals surface area contributed by atoms with E-state index in [4.69, 9.17) is 0 Å². The zero-order chi connectivity index (χ0) is 0. The number of hydrogen-bond donors (Lipinski definition) is 6. The Morgan fingerprint density at radius 3 is 0.364 bits per heavy atom. The Kier molecular flexibility index (Phi) is 93900. The van der Waals surface area contributed by atoms with Gasteiger partial charge in [0.05, 0.1) is 0 Å². The van der Waals surface area contributed by atoms with Crippen LogP contribution in [0.15, 0.2) is 0 Å². The number of halogens is 3. The maximum Gasteiger partial charge on any atom is 3.00 e. The second-order valence-electron chi connectivity index (χ2n) is 0. The molecule has 0 atom stereocenters. The zero-order valence-corrected chi connectivity index (χ0v) is 9.02. The first-order valence-electron chi connectivity index (χ1n) is 0. The topological polar surface area (TPSA) is 210 Å². The van der Waals surface area contributed by atoms with Crippen molar-refractivity contribution in [1.82, 2.24) is 36.9 Å². The molecule has 0 spiro atoms. The summed E-state index contributed by atoms with van der Waals surface area (Å²) in [6, 6.07) is 0. The standard InChI is InChI=1S/CH4.3ClH.Co.6H3N/h1H4;3*1H;;6*1H3/q;;;;+3;;;;;;/p-3. The van der Waals surface area contributed by atoms with E-state index in [0.29, 0.717) is 0 Å². The van der Waals surface area contributed by atoms with Crippen molar-refractivity contribution in [1.29, 1.82) is 0 Å². The summed E-state index contributed by atoms with van der Waals surface area (Å²) in [6.45, 7) is 0. The van der Waals surface area contributed by atoms with Crippen LogP contribution in [0.5, 0.6) is 0 Å². The monoisotopic (exact) mass is 282 g/mol. The molecular weight excluding hydrogens is 261 g/mol. The van der Waals surface area contributed by atoms with Gasteiger partial charge in [0.25, 0.3) is 0 Å². The predicted molar refractivity (Wildman–Crippen MR) is 36.9 cm³/mol. The summed E-state index contributed by atoms with van der Waals surface area (Å²) < 4.78 is 0. The SMILES string of the molecule is C.N.N.N.N.N.N.[Cl-].[Cl-].[Cl-].[Co+3]. The fourth-order valence-electron chi connectivity index (χ4n) is 0. The van der Waals surface area contributed by atoms with Crippen LogP contribution in [0.2, 0.25) is 0 Å². The molecule has 0 aromatic rings. The van der Waals surface area contributed by atoms with Gasteiger partial charge in [0.2, 0.25) is 0 Å². The van der Waals surface area contributed by atoms with Gasteiger partial charge in [-0.3, -0.25) is 0 Å². The molecule has 0 rings (SSSR count). The van der Waals surface area contributed by atoms with Crippen LogP contribution in [-0.4, -0.2) is 0 Å². The molecule has 18 N–H and O–H groups in total. The molecule has 0 unspecified atom stereocenters. The van der Waals surface area contributed by atoms with Gasteiger partial charge in [0.1, 0.15) is 0 Å². The van der Waals surface area contributed by atoms with E-state index in [1.165, 1.54) is 0 Å². The second kappa shape index (κ2) is 886. The average Bonchev–Trinajstić information content (AvgIpc) is 0. The summed E-state index contributed by atoms with van der Waals surface area (Å²) >= 11 is 0. The third-order valence-corrected chi connectivity index (χ3v) is 0.